The third-order valence-corrected chi connectivity index (χ3v) is 10.3. The fourth-order valence-electron chi connectivity index (χ4n) is 4.74. The molecule has 6 rings (SSSR count). The van der Waals surface area contributed by atoms with Gasteiger partial charge in [0.25, 0.3) is 0 Å². The summed E-state index contributed by atoms with van der Waals surface area (Å²) >= 11 is 2.78. The van der Waals surface area contributed by atoms with Gasteiger partial charge in [-0.25, -0.2) is 0 Å². The van der Waals surface area contributed by atoms with Crippen molar-refractivity contribution in [3.05, 3.63) is 144 Å². The van der Waals surface area contributed by atoms with Crippen molar-refractivity contribution in [1.82, 2.24) is 0 Å². The Hall–Kier alpha value is -3.31. The van der Waals surface area contributed by atoms with E-state index in [0.29, 0.717) is 22.3 Å². The zero-order valence-corrected chi connectivity index (χ0v) is 21.5. The summed E-state index contributed by atoms with van der Waals surface area (Å²) in [6.07, 6.45) is -4.93. The molecule has 0 amide bonds. The van der Waals surface area contributed by atoms with Crippen LogP contribution in [-0.4, -0.2) is 27.5 Å². The van der Waals surface area contributed by atoms with Crippen LogP contribution in [0.5, 0.6) is 0 Å². The Morgan fingerprint density at radius 2 is 0.722 bits per heavy atom. The fraction of sp³-hybridized carbons (Fsp3) is 0.0714. The summed E-state index contributed by atoms with van der Waals surface area (Å²) in [5.74, 6) is -1.47. The van der Waals surface area contributed by atoms with Gasteiger partial charge in [0, 0.05) is 0 Å². The van der Waals surface area contributed by atoms with Gasteiger partial charge in [-0.2, -0.15) is 0 Å². The number of hydrogen-bond acceptors (Lipinski definition) is 6. The minimum absolute atomic E-state index is 0.523. The van der Waals surface area contributed by atoms with Crippen LogP contribution in [0, 0.1) is 0 Å². The molecular formula is C28H20O6PSe-. The molecule has 180 valence electrons. The molecule has 2 fully saturated rings. The van der Waals surface area contributed by atoms with Crippen molar-refractivity contribution < 1.29 is 27.7 Å². The molecule has 2 aliphatic heterocycles. The van der Waals surface area contributed by atoms with E-state index in [9.17, 15) is 9.59 Å². The fourth-order valence-corrected chi connectivity index (χ4v) is 9.49. The Morgan fingerprint density at radius 3 is 0.972 bits per heavy atom. The zero-order chi connectivity index (χ0) is 24.9. The first-order valence-corrected chi connectivity index (χ1v) is 15.4. The monoisotopic (exact) mass is 563 g/mol. The maximum atomic E-state index is 13.8. The number of rotatable bonds is 4. The molecule has 0 aliphatic carbocycles. The molecule has 4 aromatic rings. The summed E-state index contributed by atoms with van der Waals surface area (Å²) in [6, 6.07) is 35.9. The zero-order valence-electron chi connectivity index (χ0n) is 18.9. The van der Waals surface area contributed by atoms with Gasteiger partial charge in [0.2, 0.25) is 0 Å². The van der Waals surface area contributed by atoms with Crippen LogP contribution in [0.1, 0.15) is 22.3 Å². The van der Waals surface area contributed by atoms with Gasteiger partial charge < -0.3 is 0 Å². The van der Waals surface area contributed by atoms with E-state index < -0.39 is 29.3 Å². The third-order valence-electron chi connectivity index (χ3n) is 6.33. The second-order valence-electron chi connectivity index (χ2n) is 8.51. The van der Waals surface area contributed by atoms with Gasteiger partial charge in [0.1, 0.15) is 0 Å². The summed E-state index contributed by atoms with van der Waals surface area (Å²) in [5, 5.41) is 0. The van der Waals surface area contributed by atoms with Crippen LogP contribution in [0.2, 0.25) is 0 Å². The van der Waals surface area contributed by atoms with Crippen molar-refractivity contribution in [3.8, 4) is 0 Å². The van der Waals surface area contributed by atoms with E-state index >= 15 is 0 Å². The van der Waals surface area contributed by atoms with E-state index in [1.165, 1.54) is 0 Å². The number of hydrogen-bond donors (Lipinski definition) is 0. The van der Waals surface area contributed by atoms with E-state index in [1.54, 1.807) is 97.1 Å². The Bertz CT molecular complexity index is 1260. The molecular weight excluding hydrogens is 542 g/mol. The van der Waals surface area contributed by atoms with E-state index in [4.69, 9.17) is 18.1 Å². The Labute approximate surface area is 215 Å². The van der Waals surface area contributed by atoms with Crippen LogP contribution >= 0.6 is 6.20 Å². The van der Waals surface area contributed by atoms with Gasteiger partial charge in [0.05, 0.1) is 0 Å². The second kappa shape index (κ2) is 8.10. The minimum atomic E-state index is -4.93. The van der Waals surface area contributed by atoms with E-state index in [-0.39, 0.29) is 0 Å². The first-order valence-electron chi connectivity index (χ1n) is 11.3. The van der Waals surface area contributed by atoms with Crippen molar-refractivity contribution in [1.29, 1.82) is 0 Å². The molecule has 0 radical (unpaired) electrons. The van der Waals surface area contributed by atoms with Crippen LogP contribution in [-0.2, 0) is 38.9 Å². The van der Waals surface area contributed by atoms with Crippen molar-refractivity contribution in [2.45, 2.75) is 11.2 Å². The molecule has 0 atom stereocenters. The number of carbonyl (C=O) groups is 2. The van der Waals surface area contributed by atoms with E-state index in [1.807, 2.05) is 24.3 Å². The summed E-state index contributed by atoms with van der Waals surface area (Å²) in [6.45, 7) is 0. The quantitative estimate of drug-likeness (QED) is 0.248. The summed E-state index contributed by atoms with van der Waals surface area (Å²) in [7, 11) is 0. The Morgan fingerprint density at radius 1 is 0.472 bits per heavy atom. The number of carbonyl (C=O) groups excluding carboxylic acids is 2. The van der Waals surface area contributed by atoms with E-state index in [2.05, 4.69) is 15.6 Å². The molecule has 2 aliphatic rings. The molecule has 6 nitrogen and oxygen atoms in total. The van der Waals surface area contributed by atoms with E-state index in [0.717, 1.165) is 0 Å². The van der Waals surface area contributed by atoms with Crippen molar-refractivity contribution in [2.75, 3.05) is 0 Å². The Kier molecular flexibility index (Phi) is 5.20. The summed E-state index contributed by atoms with van der Waals surface area (Å²) in [5.41, 5.74) is -1.34. The molecule has 0 bridgehead atoms. The molecule has 0 N–H and O–H groups in total. The van der Waals surface area contributed by atoms with Crippen LogP contribution in [0.4, 0.5) is 0 Å². The second-order valence-corrected chi connectivity index (χ2v) is 14.5. The first-order chi connectivity index (χ1) is 17.4. The predicted molar refractivity (Wildman–Crippen MR) is 134 cm³/mol. The molecule has 0 saturated carbocycles. The van der Waals surface area contributed by atoms with Gasteiger partial charge >= 0.3 is 216 Å². The van der Waals surface area contributed by atoms with Gasteiger partial charge in [0.15, 0.2) is 0 Å². The molecule has 0 unspecified atom stereocenters. The average Bonchev–Trinajstić information content (AvgIpc) is 3.32. The SMILES string of the molecule is O=C1OP2([Se-])(OC(=O)C(c3ccccc3)(c3ccccc3)O2)OC1(c1ccccc1)c1ccccc1. The van der Waals surface area contributed by atoms with Gasteiger partial charge in [-0.05, 0) is 0 Å². The van der Waals surface area contributed by atoms with Crippen molar-refractivity contribution in [3.63, 3.8) is 0 Å². The molecule has 2 saturated heterocycles. The average molecular weight is 562 g/mol. The molecule has 2 heterocycles. The van der Waals surface area contributed by atoms with Crippen molar-refractivity contribution >= 4 is 33.7 Å². The molecule has 36 heavy (non-hydrogen) atoms. The molecule has 4 aromatic carbocycles. The van der Waals surface area contributed by atoms with Gasteiger partial charge in [-0.3, -0.25) is 0 Å². The standard InChI is InChI=1S/C28H20O6PSe/c29-25-27(21-13-5-1-6-14-21,22-15-7-2-8-16-22)33-35(36,31-25)32-26(30)28(34-35,23-17-9-3-10-18-23)24-19-11-4-12-20-24/h1-20H/q-1. The predicted octanol–water partition coefficient (Wildman–Crippen LogP) is 5.32. The topological polar surface area (TPSA) is 71.1 Å². The first kappa shape index (κ1) is 23.1. The van der Waals surface area contributed by atoms with Crippen molar-refractivity contribution in [2.24, 2.45) is 0 Å². The van der Waals surface area contributed by atoms with Crippen LogP contribution < -0.4 is 0 Å². The summed E-state index contributed by atoms with van der Waals surface area (Å²) in [4.78, 5) is 27.7. The molecule has 8 heteroatoms. The van der Waals surface area contributed by atoms with Crippen LogP contribution in [0.25, 0.3) is 0 Å². The molecule has 1 spiro atoms. The Balaban J connectivity index is 1.56. The maximum absolute atomic E-state index is 13.8. The van der Waals surface area contributed by atoms with Crippen LogP contribution in [0.15, 0.2) is 121 Å². The third kappa shape index (κ3) is 3.29. The van der Waals surface area contributed by atoms with Gasteiger partial charge in [-0.1, -0.05) is 0 Å². The summed E-state index contributed by atoms with van der Waals surface area (Å²) < 4.78 is 25.0. The normalized spacial score (nSPS) is 21.8. The van der Waals surface area contributed by atoms with Crippen LogP contribution in [0.3, 0.4) is 0 Å². The van der Waals surface area contributed by atoms with Gasteiger partial charge in [-0.15, -0.1) is 0 Å². The molecule has 0 aromatic heterocycles. The number of benzene rings is 4.